The van der Waals surface area contributed by atoms with Crippen molar-refractivity contribution in [2.45, 2.75) is 25.3 Å². The minimum Gasteiger partial charge on any atom is -0.444 e. The number of imide groups is 1. The lowest BCUT2D eigenvalue weighted by Gasteiger charge is -2.19. The number of carbonyl (C=O) groups excluding carboxylic acids is 3. The van der Waals surface area contributed by atoms with Gasteiger partial charge in [-0.2, -0.15) is 5.10 Å². The molecule has 0 aliphatic carbocycles. The number of hydrogen-bond acceptors (Lipinski definition) is 6. The van der Waals surface area contributed by atoms with Crippen LogP contribution in [0.5, 0.6) is 0 Å². The molecule has 1 aliphatic heterocycles. The van der Waals surface area contributed by atoms with E-state index in [2.05, 4.69) is 20.7 Å². The van der Waals surface area contributed by atoms with Crippen LogP contribution >= 0.6 is 0 Å². The van der Waals surface area contributed by atoms with Crippen LogP contribution in [0.3, 0.4) is 0 Å². The topological polar surface area (TPSA) is 119 Å². The van der Waals surface area contributed by atoms with E-state index in [1.54, 1.807) is 23.0 Å². The molecule has 0 bridgehead atoms. The average molecular weight is 429 g/mol. The number of anilines is 1. The molecule has 160 valence electrons. The van der Waals surface area contributed by atoms with Crippen molar-refractivity contribution < 1.29 is 18.8 Å². The zero-order valence-corrected chi connectivity index (χ0v) is 16.9. The third kappa shape index (κ3) is 3.76. The molecule has 5 rings (SSSR count). The van der Waals surface area contributed by atoms with Crippen molar-refractivity contribution in [2.75, 3.05) is 5.32 Å². The predicted octanol–water partition coefficient (Wildman–Crippen LogP) is 2.85. The lowest BCUT2D eigenvalue weighted by molar-refractivity contribution is -0.134. The summed E-state index contributed by atoms with van der Waals surface area (Å²) in [6, 6.07) is 14.7. The van der Waals surface area contributed by atoms with Gasteiger partial charge in [0.05, 0.1) is 23.3 Å². The molecule has 3 amide bonds. The summed E-state index contributed by atoms with van der Waals surface area (Å²) in [5.41, 5.74) is 2.82. The maximum absolute atomic E-state index is 12.7. The third-order valence-corrected chi connectivity index (χ3v) is 5.43. The molecule has 1 atom stereocenters. The molecule has 1 aliphatic rings. The van der Waals surface area contributed by atoms with E-state index in [1.807, 2.05) is 36.4 Å². The van der Waals surface area contributed by atoms with Crippen LogP contribution in [0.25, 0.3) is 22.2 Å². The molecule has 9 nitrogen and oxygen atoms in total. The Labute approximate surface area is 182 Å². The first-order chi connectivity index (χ1) is 15.6. The fourth-order valence-electron chi connectivity index (χ4n) is 3.90. The Balaban J connectivity index is 1.35. The van der Waals surface area contributed by atoms with Crippen molar-refractivity contribution in [3.05, 3.63) is 66.8 Å². The lowest BCUT2D eigenvalue weighted by Crippen LogP contribution is -2.39. The van der Waals surface area contributed by atoms with E-state index in [0.29, 0.717) is 23.6 Å². The number of fused-ring (bicyclic) bond motifs is 1. The zero-order chi connectivity index (χ0) is 22.1. The molecule has 0 radical (unpaired) electrons. The van der Waals surface area contributed by atoms with Gasteiger partial charge in [-0.15, -0.1) is 0 Å². The molecule has 1 fully saturated rings. The van der Waals surface area contributed by atoms with Crippen LogP contribution in [0.4, 0.5) is 5.69 Å². The number of piperidine rings is 1. The highest BCUT2D eigenvalue weighted by Gasteiger charge is 2.31. The molecular formula is C23H19N5O4. The predicted molar refractivity (Wildman–Crippen MR) is 115 cm³/mol. The van der Waals surface area contributed by atoms with Crippen LogP contribution in [0.1, 0.15) is 24.5 Å². The van der Waals surface area contributed by atoms with E-state index in [4.69, 9.17) is 4.42 Å². The molecule has 1 saturated heterocycles. The summed E-state index contributed by atoms with van der Waals surface area (Å²) in [4.78, 5) is 40.5. The molecule has 4 aromatic rings. The number of para-hydroxylation sites is 1. The molecule has 2 aromatic heterocycles. The van der Waals surface area contributed by atoms with E-state index in [0.717, 1.165) is 16.5 Å². The fraction of sp³-hybridized carbons (Fsp3) is 0.174. The van der Waals surface area contributed by atoms with Gasteiger partial charge in [0.25, 0.3) is 0 Å². The number of amides is 3. The second-order valence-corrected chi connectivity index (χ2v) is 7.55. The van der Waals surface area contributed by atoms with Crippen molar-refractivity contribution in [1.29, 1.82) is 0 Å². The van der Waals surface area contributed by atoms with Crippen LogP contribution in [0.2, 0.25) is 0 Å². The zero-order valence-electron chi connectivity index (χ0n) is 16.9. The number of nitrogens with zero attached hydrogens (tertiary/aromatic N) is 3. The van der Waals surface area contributed by atoms with Crippen molar-refractivity contribution in [1.82, 2.24) is 20.1 Å². The van der Waals surface area contributed by atoms with E-state index in [-0.39, 0.29) is 30.7 Å². The number of aromatic nitrogens is 3. The number of hydrogen-bond donors (Lipinski definition) is 2. The Bertz CT molecular complexity index is 1310. The summed E-state index contributed by atoms with van der Waals surface area (Å²) in [7, 11) is 0. The van der Waals surface area contributed by atoms with Crippen molar-refractivity contribution in [3.63, 3.8) is 0 Å². The van der Waals surface area contributed by atoms with Crippen molar-refractivity contribution in [3.8, 4) is 11.3 Å². The highest BCUT2D eigenvalue weighted by atomic mass is 16.3. The van der Waals surface area contributed by atoms with E-state index in [1.165, 1.54) is 6.39 Å². The number of rotatable bonds is 5. The van der Waals surface area contributed by atoms with Crippen LogP contribution in [0, 0.1) is 0 Å². The molecule has 2 N–H and O–H groups in total. The van der Waals surface area contributed by atoms with Crippen molar-refractivity contribution >= 4 is 34.3 Å². The minimum absolute atomic E-state index is 0.0162. The summed E-state index contributed by atoms with van der Waals surface area (Å²) in [5, 5.41) is 10.6. The second kappa shape index (κ2) is 8.10. The Morgan fingerprint density at radius 1 is 1.16 bits per heavy atom. The number of carbonyl (C=O) groups is 3. The first-order valence-corrected chi connectivity index (χ1v) is 10.2. The minimum atomic E-state index is -0.523. The van der Waals surface area contributed by atoms with Gasteiger partial charge in [-0.3, -0.25) is 24.4 Å². The smallest absolute Gasteiger partial charge is 0.246 e. The highest BCUT2D eigenvalue weighted by molar-refractivity contribution is 6.02. The van der Waals surface area contributed by atoms with Gasteiger partial charge in [0.2, 0.25) is 17.7 Å². The second-order valence-electron chi connectivity index (χ2n) is 7.55. The normalized spacial score (nSPS) is 16.2. The van der Waals surface area contributed by atoms with Crippen LogP contribution in [0.15, 0.2) is 65.5 Å². The Morgan fingerprint density at radius 3 is 2.72 bits per heavy atom. The molecule has 9 heteroatoms. The largest absolute Gasteiger partial charge is 0.444 e. The molecular weight excluding hydrogens is 410 g/mol. The number of nitrogens with one attached hydrogen (secondary N) is 2. The monoisotopic (exact) mass is 429 g/mol. The first kappa shape index (κ1) is 19.7. The number of benzene rings is 2. The summed E-state index contributed by atoms with van der Waals surface area (Å²) < 4.78 is 6.86. The van der Waals surface area contributed by atoms with Gasteiger partial charge >= 0.3 is 0 Å². The third-order valence-electron chi connectivity index (χ3n) is 5.43. The SMILES string of the molecule is O=C1CCC(c2nn(CC(=O)Nc3ccc(-c4cnco4)cc3)c3ccccc23)C(=O)N1. The summed E-state index contributed by atoms with van der Waals surface area (Å²) in [5.74, 6) is -0.755. The molecule has 3 heterocycles. The van der Waals surface area contributed by atoms with E-state index in [9.17, 15) is 14.4 Å². The van der Waals surface area contributed by atoms with Crippen LogP contribution in [-0.4, -0.2) is 32.5 Å². The van der Waals surface area contributed by atoms with Gasteiger partial charge in [0.15, 0.2) is 12.2 Å². The summed E-state index contributed by atoms with van der Waals surface area (Å²) in [6.07, 6.45) is 3.65. The quantitative estimate of drug-likeness (QED) is 0.471. The standard InChI is InChI=1S/C23H19N5O4/c29-20-10-9-17(23(31)26-20)22-16-3-1-2-4-18(16)28(27-22)12-21(30)25-15-7-5-14(6-8-15)19-11-24-13-32-19/h1-8,11,13,17H,9-10,12H2,(H,25,30)(H,26,29,31). The molecule has 2 aromatic carbocycles. The summed E-state index contributed by atoms with van der Waals surface area (Å²) in [6.45, 7) is -0.0162. The first-order valence-electron chi connectivity index (χ1n) is 10.2. The van der Waals surface area contributed by atoms with Gasteiger partial charge in [-0.25, -0.2) is 4.98 Å². The summed E-state index contributed by atoms with van der Waals surface area (Å²) >= 11 is 0. The molecule has 1 unspecified atom stereocenters. The van der Waals surface area contributed by atoms with Crippen LogP contribution < -0.4 is 10.6 Å². The number of oxazole rings is 1. The Kier molecular flexibility index (Phi) is 4.98. The molecule has 0 saturated carbocycles. The van der Waals surface area contributed by atoms with Gasteiger partial charge in [0, 0.05) is 23.1 Å². The lowest BCUT2D eigenvalue weighted by atomic mass is 9.93. The molecule has 0 spiro atoms. The van der Waals surface area contributed by atoms with E-state index >= 15 is 0 Å². The van der Waals surface area contributed by atoms with Crippen molar-refractivity contribution in [2.24, 2.45) is 0 Å². The van der Waals surface area contributed by atoms with Gasteiger partial charge in [-0.1, -0.05) is 18.2 Å². The van der Waals surface area contributed by atoms with Gasteiger partial charge in [0.1, 0.15) is 6.54 Å². The maximum Gasteiger partial charge on any atom is 0.246 e. The van der Waals surface area contributed by atoms with Gasteiger partial charge < -0.3 is 9.73 Å². The Morgan fingerprint density at radius 2 is 1.97 bits per heavy atom. The van der Waals surface area contributed by atoms with Gasteiger partial charge in [-0.05, 0) is 36.8 Å². The van der Waals surface area contributed by atoms with Crippen LogP contribution in [-0.2, 0) is 20.9 Å². The fourth-order valence-corrected chi connectivity index (χ4v) is 3.90. The average Bonchev–Trinajstić information content (AvgIpc) is 3.44. The molecule has 32 heavy (non-hydrogen) atoms. The highest BCUT2D eigenvalue weighted by Crippen LogP contribution is 2.30. The van der Waals surface area contributed by atoms with E-state index < -0.39 is 5.92 Å². The Hall–Kier alpha value is -4.27. The maximum atomic E-state index is 12.7.